The molecule has 0 unspecified atom stereocenters. The Bertz CT molecular complexity index is 648. The highest BCUT2D eigenvalue weighted by Gasteiger charge is 2.21. The summed E-state index contributed by atoms with van der Waals surface area (Å²) < 4.78 is 5.94. The third-order valence-corrected chi connectivity index (χ3v) is 6.57. The van der Waals surface area contributed by atoms with Crippen molar-refractivity contribution >= 4 is 5.91 Å². The number of ether oxygens (including phenoxy) is 1. The van der Waals surface area contributed by atoms with Crippen molar-refractivity contribution in [3.63, 3.8) is 0 Å². The van der Waals surface area contributed by atoms with Crippen molar-refractivity contribution in [2.75, 3.05) is 72.1 Å². The van der Waals surface area contributed by atoms with E-state index in [4.69, 9.17) is 4.74 Å². The van der Waals surface area contributed by atoms with E-state index in [0.29, 0.717) is 0 Å². The Kier molecular flexibility index (Phi) is 7.41. The summed E-state index contributed by atoms with van der Waals surface area (Å²) in [6, 6.07) is 8.19. The van der Waals surface area contributed by atoms with Crippen molar-refractivity contribution < 1.29 is 9.53 Å². The molecular formula is C23H36N4O2. The molecule has 0 aromatic heterocycles. The van der Waals surface area contributed by atoms with Crippen molar-refractivity contribution in [3.05, 3.63) is 29.8 Å². The minimum Gasteiger partial charge on any atom is -0.483 e. The van der Waals surface area contributed by atoms with Gasteiger partial charge in [-0.05, 0) is 44.8 Å². The number of carbonyl (C=O) groups is 1. The zero-order valence-electron chi connectivity index (χ0n) is 17.7. The number of carbonyl (C=O) groups excluding carboxylic acids is 1. The molecular weight excluding hydrogens is 364 g/mol. The second kappa shape index (κ2) is 10.4. The van der Waals surface area contributed by atoms with Crippen LogP contribution in [-0.2, 0) is 11.3 Å². The molecule has 3 saturated heterocycles. The Labute approximate surface area is 175 Å². The third-order valence-electron chi connectivity index (χ3n) is 6.57. The average molecular weight is 401 g/mol. The Morgan fingerprint density at radius 1 is 0.759 bits per heavy atom. The quantitative estimate of drug-likeness (QED) is 0.667. The molecule has 0 radical (unpaired) electrons. The molecule has 0 saturated carbocycles. The highest BCUT2D eigenvalue weighted by molar-refractivity contribution is 5.78. The molecule has 6 nitrogen and oxygen atoms in total. The summed E-state index contributed by atoms with van der Waals surface area (Å²) in [6.07, 6.45) is 4.98. The summed E-state index contributed by atoms with van der Waals surface area (Å²) in [5, 5.41) is 0. The van der Waals surface area contributed by atoms with Gasteiger partial charge in [0.2, 0.25) is 0 Å². The number of piperazine rings is 1. The predicted molar refractivity (Wildman–Crippen MR) is 115 cm³/mol. The lowest BCUT2D eigenvalue weighted by Gasteiger charge is -2.35. The van der Waals surface area contributed by atoms with Crippen molar-refractivity contribution in [2.24, 2.45) is 0 Å². The van der Waals surface area contributed by atoms with Gasteiger partial charge in [-0.2, -0.15) is 0 Å². The highest BCUT2D eigenvalue weighted by Crippen LogP contribution is 2.21. The van der Waals surface area contributed by atoms with E-state index in [1.807, 2.05) is 17.0 Å². The Hall–Kier alpha value is -1.63. The zero-order chi connectivity index (χ0) is 19.9. The van der Waals surface area contributed by atoms with Gasteiger partial charge >= 0.3 is 0 Å². The summed E-state index contributed by atoms with van der Waals surface area (Å²) in [6.45, 7) is 12.3. The van der Waals surface area contributed by atoms with Gasteiger partial charge in [0.25, 0.3) is 5.91 Å². The average Bonchev–Trinajstić information content (AvgIpc) is 3.47. The van der Waals surface area contributed by atoms with Crippen molar-refractivity contribution in [1.82, 2.24) is 19.6 Å². The van der Waals surface area contributed by atoms with E-state index in [0.717, 1.165) is 64.4 Å². The molecule has 0 aliphatic carbocycles. The number of rotatable bonds is 8. The van der Waals surface area contributed by atoms with E-state index in [1.54, 1.807) is 0 Å². The van der Waals surface area contributed by atoms with Gasteiger partial charge in [0.05, 0.1) is 0 Å². The van der Waals surface area contributed by atoms with Gasteiger partial charge in [0, 0.05) is 64.5 Å². The van der Waals surface area contributed by atoms with Gasteiger partial charge < -0.3 is 14.5 Å². The van der Waals surface area contributed by atoms with Gasteiger partial charge in [0.1, 0.15) is 5.75 Å². The predicted octanol–water partition coefficient (Wildman–Crippen LogP) is 1.90. The first-order chi connectivity index (χ1) is 14.3. The molecule has 0 atom stereocenters. The van der Waals surface area contributed by atoms with E-state index < -0.39 is 0 Å². The smallest absolute Gasteiger partial charge is 0.260 e. The van der Waals surface area contributed by atoms with Crippen LogP contribution >= 0.6 is 0 Å². The second-order valence-electron chi connectivity index (χ2n) is 8.65. The molecule has 160 valence electrons. The first-order valence-electron chi connectivity index (χ1n) is 11.4. The van der Waals surface area contributed by atoms with Crippen LogP contribution in [0.15, 0.2) is 24.3 Å². The number of hydrogen-bond acceptors (Lipinski definition) is 5. The monoisotopic (exact) mass is 400 g/mol. The van der Waals surface area contributed by atoms with Crippen LogP contribution in [0, 0.1) is 0 Å². The Morgan fingerprint density at radius 3 is 2.07 bits per heavy atom. The summed E-state index contributed by atoms with van der Waals surface area (Å²) in [5.41, 5.74) is 1.19. The number of benzene rings is 1. The van der Waals surface area contributed by atoms with Crippen LogP contribution in [0.1, 0.15) is 31.2 Å². The molecule has 29 heavy (non-hydrogen) atoms. The largest absolute Gasteiger partial charge is 0.483 e. The molecule has 3 heterocycles. The maximum absolute atomic E-state index is 12.3. The lowest BCUT2D eigenvalue weighted by Crippen LogP contribution is -2.47. The Balaban J connectivity index is 1.22. The van der Waals surface area contributed by atoms with Crippen molar-refractivity contribution in [1.29, 1.82) is 0 Å². The van der Waals surface area contributed by atoms with Crippen LogP contribution in [0.25, 0.3) is 0 Å². The van der Waals surface area contributed by atoms with Gasteiger partial charge in [-0.1, -0.05) is 18.2 Å². The first-order valence-corrected chi connectivity index (χ1v) is 11.4. The molecule has 3 fully saturated rings. The SMILES string of the molecule is O=C(COc1ccccc1CN1CCN(CCN2CCCC2)CC1)N1CCCC1. The molecule has 0 N–H and O–H groups in total. The van der Waals surface area contributed by atoms with Crippen molar-refractivity contribution in [3.8, 4) is 5.75 Å². The van der Waals surface area contributed by atoms with E-state index in [1.165, 1.54) is 44.6 Å². The summed E-state index contributed by atoms with van der Waals surface area (Å²) in [4.78, 5) is 21.9. The van der Waals surface area contributed by atoms with Gasteiger partial charge in [-0.15, -0.1) is 0 Å². The number of likely N-dealkylation sites (tertiary alicyclic amines) is 2. The van der Waals surface area contributed by atoms with Gasteiger partial charge in [-0.25, -0.2) is 0 Å². The summed E-state index contributed by atoms with van der Waals surface area (Å²) in [7, 11) is 0. The van der Waals surface area contributed by atoms with Gasteiger partial charge in [-0.3, -0.25) is 14.6 Å². The highest BCUT2D eigenvalue weighted by atomic mass is 16.5. The molecule has 3 aliphatic rings. The van der Waals surface area contributed by atoms with E-state index in [-0.39, 0.29) is 12.5 Å². The van der Waals surface area contributed by atoms with Crippen LogP contribution in [0.4, 0.5) is 0 Å². The maximum atomic E-state index is 12.3. The van der Waals surface area contributed by atoms with Crippen LogP contribution in [-0.4, -0.2) is 97.6 Å². The minimum absolute atomic E-state index is 0.115. The summed E-state index contributed by atoms with van der Waals surface area (Å²) in [5.74, 6) is 0.973. The van der Waals surface area contributed by atoms with E-state index in [2.05, 4.69) is 26.8 Å². The standard InChI is InChI=1S/C23H36N4O2/c28-23(27-11-5-6-12-27)20-29-22-8-2-1-7-21(22)19-26-17-15-25(16-18-26)14-13-24-9-3-4-10-24/h1-2,7-8H,3-6,9-20H2. The summed E-state index contributed by atoms with van der Waals surface area (Å²) >= 11 is 0. The molecule has 1 amide bonds. The van der Waals surface area contributed by atoms with Crippen molar-refractivity contribution in [2.45, 2.75) is 32.2 Å². The number of para-hydroxylation sites is 1. The fourth-order valence-electron chi connectivity index (χ4n) is 4.67. The topological polar surface area (TPSA) is 39.3 Å². The number of nitrogens with zero attached hydrogens (tertiary/aromatic N) is 4. The number of amides is 1. The Morgan fingerprint density at radius 2 is 1.34 bits per heavy atom. The van der Waals surface area contributed by atoms with E-state index in [9.17, 15) is 4.79 Å². The molecule has 3 aliphatic heterocycles. The lowest BCUT2D eigenvalue weighted by molar-refractivity contribution is -0.132. The van der Waals surface area contributed by atoms with Crippen LogP contribution in [0.3, 0.4) is 0 Å². The molecule has 4 rings (SSSR count). The fourth-order valence-corrected chi connectivity index (χ4v) is 4.67. The fraction of sp³-hybridized carbons (Fsp3) is 0.696. The maximum Gasteiger partial charge on any atom is 0.260 e. The van der Waals surface area contributed by atoms with Crippen LogP contribution in [0.5, 0.6) is 5.75 Å². The van der Waals surface area contributed by atoms with Crippen LogP contribution in [0.2, 0.25) is 0 Å². The normalized spacial score (nSPS) is 21.7. The zero-order valence-corrected chi connectivity index (χ0v) is 17.7. The second-order valence-corrected chi connectivity index (χ2v) is 8.65. The van der Waals surface area contributed by atoms with Crippen LogP contribution < -0.4 is 4.74 Å². The molecule has 1 aromatic carbocycles. The lowest BCUT2D eigenvalue weighted by atomic mass is 10.1. The van der Waals surface area contributed by atoms with Gasteiger partial charge in [0.15, 0.2) is 6.61 Å². The number of hydrogen-bond donors (Lipinski definition) is 0. The molecule has 1 aromatic rings. The minimum atomic E-state index is 0.115. The molecule has 0 spiro atoms. The first kappa shape index (κ1) is 20.6. The molecule has 6 heteroatoms. The van der Waals surface area contributed by atoms with E-state index >= 15 is 0 Å². The molecule has 0 bridgehead atoms. The third kappa shape index (κ3) is 5.93.